The van der Waals surface area contributed by atoms with E-state index in [4.69, 9.17) is 0 Å². The summed E-state index contributed by atoms with van der Waals surface area (Å²) in [5.41, 5.74) is 2.56. The van der Waals surface area contributed by atoms with Gasteiger partial charge in [-0.15, -0.1) is 0 Å². The van der Waals surface area contributed by atoms with Gasteiger partial charge in [-0.05, 0) is 36.8 Å². The maximum atomic E-state index is 12.2. The predicted octanol–water partition coefficient (Wildman–Crippen LogP) is 4.36. The molecule has 0 atom stereocenters. The fourth-order valence-corrected chi connectivity index (χ4v) is 2.60. The van der Waals surface area contributed by atoms with Crippen molar-refractivity contribution < 1.29 is 4.79 Å². The van der Waals surface area contributed by atoms with Gasteiger partial charge in [0.1, 0.15) is 5.82 Å². The Balaban J connectivity index is 1.67. The van der Waals surface area contributed by atoms with Crippen LogP contribution in [-0.2, 0) is 6.54 Å². The number of nitrogens with zero attached hydrogens (tertiary/aromatic N) is 2. The number of hydrogen-bond acceptors (Lipinski definition) is 3. The lowest BCUT2D eigenvalue weighted by atomic mass is 10.2. The van der Waals surface area contributed by atoms with Crippen molar-refractivity contribution in [1.82, 2.24) is 4.98 Å². The molecule has 0 aliphatic heterocycles. The molecular formula is C21H21N3O. The Bertz CT molecular complexity index is 802. The molecule has 4 heteroatoms. The number of hydrogen-bond donors (Lipinski definition) is 1. The van der Waals surface area contributed by atoms with E-state index in [0.29, 0.717) is 11.3 Å². The molecule has 25 heavy (non-hydrogen) atoms. The Morgan fingerprint density at radius 2 is 1.64 bits per heavy atom. The van der Waals surface area contributed by atoms with Crippen molar-refractivity contribution >= 4 is 17.4 Å². The van der Waals surface area contributed by atoms with Crippen molar-refractivity contribution in [2.75, 3.05) is 16.8 Å². The third-order valence-corrected chi connectivity index (χ3v) is 3.96. The van der Waals surface area contributed by atoms with E-state index in [0.717, 1.165) is 18.9 Å². The summed E-state index contributed by atoms with van der Waals surface area (Å²) in [6.07, 6.45) is 1.70. The summed E-state index contributed by atoms with van der Waals surface area (Å²) >= 11 is 0. The van der Waals surface area contributed by atoms with Gasteiger partial charge in [0, 0.05) is 18.7 Å². The van der Waals surface area contributed by atoms with E-state index in [1.807, 2.05) is 48.5 Å². The molecule has 1 N–H and O–H groups in total. The molecule has 2 aromatic carbocycles. The van der Waals surface area contributed by atoms with Crippen LogP contribution in [0.2, 0.25) is 0 Å². The molecule has 0 fully saturated rings. The van der Waals surface area contributed by atoms with E-state index in [-0.39, 0.29) is 5.91 Å². The molecule has 0 aliphatic carbocycles. The Hall–Kier alpha value is -3.14. The molecule has 0 saturated heterocycles. The molecule has 3 rings (SSSR count). The molecule has 0 radical (unpaired) electrons. The van der Waals surface area contributed by atoms with Crippen LogP contribution in [0.5, 0.6) is 0 Å². The molecule has 4 nitrogen and oxygen atoms in total. The molecule has 0 aliphatic rings. The lowest BCUT2D eigenvalue weighted by molar-refractivity contribution is 0.102. The molecule has 1 amide bonds. The first-order valence-corrected chi connectivity index (χ1v) is 8.37. The summed E-state index contributed by atoms with van der Waals surface area (Å²) in [5, 5.41) is 2.87. The van der Waals surface area contributed by atoms with Crippen LogP contribution < -0.4 is 10.2 Å². The minimum Gasteiger partial charge on any atom is -0.353 e. The second-order valence-corrected chi connectivity index (χ2v) is 5.72. The third kappa shape index (κ3) is 4.44. The number of benzene rings is 2. The number of amides is 1. The summed E-state index contributed by atoms with van der Waals surface area (Å²) in [5.74, 6) is 0.760. The topological polar surface area (TPSA) is 45.2 Å². The molecular weight excluding hydrogens is 310 g/mol. The van der Waals surface area contributed by atoms with Crippen LogP contribution in [0.25, 0.3) is 0 Å². The van der Waals surface area contributed by atoms with E-state index in [2.05, 4.69) is 34.3 Å². The van der Waals surface area contributed by atoms with Gasteiger partial charge in [0.15, 0.2) is 0 Å². The van der Waals surface area contributed by atoms with Crippen molar-refractivity contribution in [3.05, 3.63) is 90.1 Å². The smallest absolute Gasteiger partial charge is 0.255 e. The Kier molecular flexibility index (Phi) is 5.42. The average molecular weight is 331 g/mol. The number of carbonyl (C=O) groups is 1. The van der Waals surface area contributed by atoms with Crippen LogP contribution in [-0.4, -0.2) is 17.4 Å². The van der Waals surface area contributed by atoms with E-state index in [1.165, 1.54) is 5.56 Å². The molecule has 3 aromatic rings. The highest BCUT2D eigenvalue weighted by Gasteiger charge is 2.09. The van der Waals surface area contributed by atoms with Gasteiger partial charge in [-0.1, -0.05) is 48.5 Å². The number of anilines is 2. The summed E-state index contributed by atoms with van der Waals surface area (Å²) in [7, 11) is 0. The zero-order valence-corrected chi connectivity index (χ0v) is 14.2. The Labute approximate surface area is 148 Å². The lowest BCUT2D eigenvalue weighted by Crippen LogP contribution is -2.23. The molecule has 1 heterocycles. The summed E-state index contributed by atoms with van der Waals surface area (Å²) in [6, 6.07) is 23.3. The maximum absolute atomic E-state index is 12.2. The van der Waals surface area contributed by atoms with Crippen molar-refractivity contribution in [2.24, 2.45) is 0 Å². The van der Waals surface area contributed by atoms with E-state index in [9.17, 15) is 4.79 Å². The normalized spacial score (nSPS) is 10.3. The highest BCUT2D eigenvalue weighted by molar-refractivity contribution is 6.04. The standard InChI is InChI=1S/C21H21N3O/c1-2-24(16-17-9-5-3-6-10-17)20-14-13-19(15-22-20)23-21(25)18-11-7-4-8-12-18/h3-15H,2,16H2,1H3,(H,23,25). The first kappa shape index (κ1) is 16.7. The van der Waals surface area contributed by atoms with E-state index >= 15 is 0 Å². The van der Waals surface area contributed by atoms with Gasteiger partial charge in [0.25, 0.3) is 5.91 Å². The first-order valence-electron chi connectivity index (χ1n) is 8.37. The largest absolute Gasteiger partial charge is 0.353 e. The van der Waals surface area contributed by atoms with Crippen molar-refractivity contribution in [2.45, 2.75) is 13.5 Å². The number of nitrogens with one attached hydrogen (secondary N) is 1. The quantitative estimate of drug-likeness (QED) is 0.730. The van der Waals surface area contributed by atoms with Crippen molar-refractivity contribution in [3.8, 4) is 0 Å². The maximum Gasteiger partial charge on any atom is 0.255 e. The van der Waals surface area contributed by atoms with Gasteiger partial charge in [0.05, 0.1) is 11.9 Å². The van der Waals surface area contributed by atoms with Crippen LogP contribution in [0.15, 0.2) is 79.0 Å². The molecule has 0 bridgehead atoms. The zero-order valence-electron chi connectivity index (χ0n) is 14.2. The van der Waals surface area contributed by atoms with Crippen LogP contribution in [0.4, 0.5) is 11.5 Å². The van der Waals surface area contributed by atoms with Crippen LogP contribution in [0.1, 0.15) is 22.8 Å². The Morgan fingerprint density at radius 3 is 2.24 bits per heavy atom. The highest BCUT2D eigenvalue weighted by Crippen LogP contribution is 2.17. The minimum absolute atomic E-state index is 0.133. The number of carbonyl (C=O) groups excluding carboxylic acids is 1. The Morgan fingerprint density at radius 1 is 0.960 bits per heavy atom. The van der Waals surface area contributed by atoms with Gasteiger partial charge in [-0.2, -0.15) is 0 Å². The lowest BCUT2D eigenvalue weighted by Gasteiger charge is -2.22. The summed E-state index contributed by atoms with van der Waals surface area (Å²) in [6.45, 7) is 3.77. The first-order chi connectivity index (χ1) is 12.3. The van der Waals surface area contributed by atoms with Gasteiger partial charge >= 0.3 is 0 Å². The summed E-state index contributed by atoms with van der Waals surface area (Å²) < 4.78 is 0. The SMILES string of the molecule is CCN(Cc1ccccc1)c1ccc(NC(=O)c2ccccc2)cn1. The molecule has 0 saturated carbocycles. The molecule has 1 aromatic heterocycles. The van der Waals surface area contributed by atoms with Crippen LogP contribution in [0, 0.1) is 0 Å². The second kappa shape index (κ2) is 8.11. The molecule has 126 valence electrons. The number of pyridine rings is 1. The van der Waals surface area contributed by atoms with Crippen LogP contribution in [0.3, 0.4) is 0 Å². The van der Waals surface area contributed by atoms with Gasteiger partial charge in [-0.25, -0.2) is 4.98 Å². The van der Waals surface area contributed by atoms with E-state index in [1.54, 1.807) is 18.3 Å². The summed E-state index contributed by atoms with van der Waals surface area (Å²) in [4.78, 5) is 18.9. The van der Waals surface area contributed by atoms with Crippen molar-refractivity contribution in [3.63, 3.8) is 0 Å². The monoisotopic (exact) mass is 331 g/mol. The molecule has 0 spiro atoms. The second-order valence-electron chi connectivity index (χ2n) is 5.72. The fraction of sp³-hybridized carbons (Fsp3) is 0.143. The minimum atomic E-state index is -0.133. The van der Waals surface area contributed by atoms with Gasteiger partial charge in [0.2, 0.25) is 0 Å². The predicted molar refractivity (Wildman–Crippen MR) is 102 cm³/mol. The van der Waals surface area contributed by atoms with E-state index < -0.39 is 0 Å². The van der Waals surface area contributed by atoms with Crippen LogP contribution >= 0.6 is 0 Å². The average Bonchev–Trinajstić information content (AvgIpc) is 2.68. The third-order valence-electron chi connectivity index (χ3n) is 3.96. The number of aromatic nitrogens is 1. The fourth-order valence-electron chi connectivity index (χ4n) is 2.60. The van der Waals surface area contributed by atoms with Gasteiger partial charge in [-0.3, -0.25) is 4.79 Å². The van der Waals surface area contributed by atoms with Gasteiger partial charge < -0.3 is 10.2 Å². The highest BCUT2D eigenvalue weighted by atomic mass is 16.1. The molecule has 0 unspecified atom stereocenters. The van der Waals surface area contributed by atoms with Crippen molar-refractivity contribution in [1.29, 1.82) is 0 Å². The zero-order chi connectivity index (χ0) is 17.5. The number of rotatable bonds is 6.